The fourth-order valence-electron chi connectivity index (χ4n) is 1.79. The Bertz CT molecular complexity index is 657. The van der Waals surface area contributed by atoms with Gasteiger partial charge in [0.05, 0.1) is 9.81 Å². The van der Waals surface area contributed by atoms with Crippen molar-refractivity contribution in [1.82, 2.24) is 0 Å². The second-order valence-corrected chi connectivity index (χ2v) is 8.40. The summed E-state index contributed by atoms with van der Waals surface area (Å²) in [5.41, 5.74) is -14.0. The van der Waals surface area contributed by atoms with Crippen molar-refractivity contribution in [2.75, 3.05) is 0 Å². The first-order chi connectivity index (χ1) is 8.97. The van der Waals surface area contributed by atoms with Crippen LogP contribution in [0.2, 0.25) is 0 Å². The van der Waals surface area contributed by atoms with Gasteiger partial charge in [0, 0.05) is 5.41 Å². The molecule has 21 heavy (non-hydrogen) atoms. The van der Waals surface area contributed by atoms with Crippen LogP contribution in [0.25, 0.3) is 0 Å². The minimum Gasteiger partial charge on any atom is -0.215 e. The van der Waals surface area contributed by atoms with Gasteiger partial charge < -0.3 is 0 Å². The first-order valence-corrected chi connectivity index (χ1v) is 7.99. The Morgan fingerprint density at radius 1 is 0.762 bits per heavy atom. The number of halogens is 6. The molecule has 1 rings (SSSR count). The van der Waals surface area contributed by atoms with Crippen molar-refractivity contribution in [1.29, 1.82) is 0 Å². The van der Waals surface area contributed by atoms with E-state index >= 15 is 0 Å². The summed E-state index contributed by atoms with van der Waals surface area (Å²) >= 11 is 0. The van der Waals surface area contributed by atoms with E-state index in [0.29, 0.717) is 13.8 Å². The molecule has 0 N–H and O–H groups in total. The Balaban J connectivity index is 3.45. The molecule has 1 aliphatic carbocycles. The van der Waals surface area contributed by atoms with Gasteiger partial charge in [0.2, 0.25) is 0 Å². The lowest BCUT2D eigenvalue weighted by Gasteiger charge is -2.27. The van der Waals surface area contributed by atoms with Gasteiger partial charge in [0.25, 0.3) is 19.7 Å². The lowest BCUT2D eigenvalue weighted by molar-refractivity contribution is -0.0430. The van der Waals surface area contributed by atoms with Crippen molar-refractivity contribution in [3.8, 4) is 0 Å². The normalized spacial score (nSPS) is 20.2. The summed E-state index contributed by atoms with van der Waals surface area (Å²) in [4.78, 5) is -2.91. The quantitative estimate of drug-likeness (QED) is 0.712. The maximum atomic E-state index is 12.5. The van der Waals surface area contributed by atoms with Crippen LogP contribution in [-0.2, 0) is 19.7 Å². The Hall–Kier alpha value is -1.04. The van der Waals surface area contributed by atoms with E-state index in [2.05, 4.69) is 0 Å². The monoisotopic (exact) mass is 358 g/mol. The van der Waals surface area contributed by atoms with Crippen molar-refractivity contribution in [2.45, 2.75) is 24.9 Å². The molecule has 0 atom stereocenters. The number of sulfone groups is 2. The SMILES string of the molecule is CC1(C)C(S(=O)(=O)C(F)(F)F)=CC=C1S(=O)(=O)C(F)(F)F. The van der Waals surface area contributed by atoms with Gasteiger partial charge >= 0.3 is 11.0 Å². The van der Waals surface area contributed by atoms with E-state index in [-0.39, 0.29) is 12.2 Å². The fourth-order valence-corrected chi connectivity index (χ4v) is 4.41. The van der Waals surface area contributed by atoms with Gasteiger partial charge in [0.15, 0.2) is 0 Å². The summed E-state index contributed by atoms with van der Waals surface area (Å²) in [7, 11) is -11.9. The third kappa shape index (κ3) is 2.58. The molecule has 0 fully saturated rings. The minimum absolute atomic E-state index is 0.224. The summed E-state index contributed by atoms with van der Waals surface area (Å²) in [6.07, 6.45) is 0.447. The highest BCUT2D eigenvalue weighted by molar-refractivity contribution is 7.97. The number of hydrogen-bond donors (Lipinski definition) is 0. The van der Waals surface area contributed by atoms with Crippen LogP contribution in [0, 0.1) is 5.41 Å². The van der Waals surface area contributed by atoms with Gasteiger partial charge in [-0.1, -0.05) is 13.8 Å². The first-order valence-electron chi connectivity index (χ1n) is 5.03. The fraction of sp³-hybridized carbons (Fsp3) is 0.556. The second kappa shape index (κ2) is 4.48. The summed E-state index contributed by atoms with van der Waals surface area (Å²) in [5, 5.41) is 0. The largest absolute Gasteiger partial charge is 0.501 e. The summed E-state index contributed by atoms with van der Waals surface area (Å²) in [5.74, 6) is 0. The average molecular weight is 358 g/mol. The lowest BCUT2D eigenvalue weighted by atomic mass is 9.96. The average Bonchev–Trinajstić information content (AvgIpc) is 2.50. The molecule has 0 radical (unpaired) electrons. The van der Waals surface area contributed by atoms with E-state index in [4.69, 9.17) is 0 Å². The molecule has 0 aromatic heterocycles. The van der Waals surface area contributed by atoms with Crippen LogP contribution >= 0.6 is 0 Å². The van der Waals surface area contributed by atoms with Gasteiger partial charge in [-0.2, -0.15) is 26.3 Å². The van der Waals surface area contributed by atoms with Crippen molar-refractivity contribution in [3.05, 3.63) is 22.0 Å². The van der Waals surface area contributed by atoms with Crippen molar-refractivity contribution in [2.24, 2.45) is 5.41 Å². The van der Waals surface area contributed by atoms with E-state index in [9.17, 15) is 43.2 Å². The molecule has 4 nitrogen and oxygen atoms in total. The van der Waals surface area contributed by atoms with Crippen molar-refractivity contribution < 1.29 is 43.2 Å². The molecule has 0 saturated carbocycles. The maximum Gasteiger partial charge on any atom is 0.501 e. The van der Waals surface area contributed by atoms with Crippen LogP contribution in [-0.4, -0.2) is 27.9 Å². The lowest BCUT2D eigenvalue weighted by Crippen LogP contribution is -2.35. The molecule has 1 aliphatic rings. The topological polar surface area (TPSA) is 68.3 Å². The Morgan fingerprint density at radius 2 is 1.00 bits per heavy atom. The zero-order valence-corrected chi connectivity index (χ0v) is 12.0. The van der Waals surface area contributed by atoms with Gasteiger partial charge in [-0.05, 0) is 12.2 Å². The zero-order valence-electron chi connectivity index (χ0n) is 10.4. The van der Waals surface area contributed by atoms with Gasteiger partial charge in [-0.3, -0.25) is 0 Å². The highest BCUT2D eigenvalue weighted by Crippen LogP contribution is 2.50. The third-order valence-electron chi connectivity index (χ3n) is 2.81. The molecular weight excluding hydrogens is 350 g/mol. The Kier molecular flexibility index (Phi) is 3.84. The number of allylic oxidation sites excluding steroid dienone is 4. The summed E-state index contributed by atoms with van der Waals surface area (Å²) < 4.78 is 120. The first kappa shape index (κ1) is 18.0. The maximum absolute atomic E-state index is 12.5. The predicted molar refractivity (Wildman–Crippen MR) is 59.9 cm³/mol. The van der Waals surface area contributed by atoms with E-state index < -0.39 is 45.9 Å². The van der Waals surface area contributed by atoms with E-state index in [1.165, 1.54) is 0 Å². The van der Waals surface area contributed by atoms with Crippen LogP contribution in [0.3, 0.4) is 0 Å². The minimum atomic E-state index is -5.95. The van der Waals surface area contributed by atoms with Gasteiger partial charge in [0.1, 0.15) is 0 Å². The van der Waals surface area contributed by atoms with Crippen LogP contribution in [0.4, 0.5) is 26.3 Å². The standard InChI is InChI=1S/C9H8F6O4S2/c1-7(2)5(20(16,17)8(10,11)12)3-4-6(7)21(18,19)9(13,14)15/h3-4H,1-2H3. The van der Waals surface area contributed by atoms with Gasteiger partial charge in [-0.25, -0.2) is 16.8 Å². The summed E-state index contributed by atoms with van der Waals surface area (Å²) in [6, 6.07) is 0. The number of rotatable bonds is 2. The summed E-state index contributed by atoms with van der Waals surface area (Å²) in [6.45, 7) is 1.31. The van der Waals surface area contributed by atoms with Crippen LogP contribution in [0.15, 0.2) is 22.0 Å². The molecule has 0 spiro atoms. The number of hydrogen-bond acceptors (Lipinski definition) is 4. The molecule has 122 valence electrons. The Morgan fingerprint density at radius 3 is 1.19 bits per heavy atom. The number of alkyl halides is 6. The van der Waals surface area contributed by atoms with E-state index in [0.717, 1.165) is 0 Å². The third-order valence-corrected chi connectivity index (χ3v) is 6.48. The highest BCUT2D eigenvalue weighted by atomic mass is 32.2. The van der Waals surface area contributed by atoms with Crippen molar-refractivity contribution >= 4 is 19.7 Å². The smallest absolute Gasteiger partial charge is 0.215 e. The molecule has 0 heterocycles. The Labute approximate surface area is 116 Å². The van der Waals surface area contributed by atoms with E-state index in [1.54, 1.807) is 0 Å². The molecule has 0 aromatic carbocycles. The molecule has 0 amide bonds. The van der Waals surface area contributed by atoms with Gasteiger partial charge in [-0.15, -0.1) is 0 Å². The molecular formula is C9H8F6O4S2. The van der Waals surface area contributed by atoms with Crippen LogP contribution < -0.4 is 0 Å². The molecule has 0 unspecified atom stereocenters. The molecule has 0 bridgehead atoms. The second-order valence-electron chi connectivity index (χ2n) is 4.59. The molecule has 0 aromatic rings. The molecule has 0 aliphatic heterocycles. The zero-order chi connectivity index (χ0) is 17.1. The van der Waals surface area contributed by atoms with Crippen LogP contribution in [0.5, 0.6) is 0 Å². The van der Waals surface area contributed by atoms with Crippen molar-refractivity contribution in [3.63, 3.8) is 0 Å². The van der Waals surface area contributed by atoms with E-state index in [1.807, 2.05) is 0 Å². The highest BCUT2D eigenvalue weighted by Gasteiger charge is 2.59. The molecule has 12 heteroatoms. The predicted octanol–water partition coefficient (Wildman–Crippen LogP) is 2.66. The molecule has 0 saturated heterocycles. The van der Waals surface area contributed by atoms with Crippen LogP contribution in [0.1, 0.15) is 13.8 Å².